The van der Waals surface area contributed by atoms with Gasteiger partial charge in [-0.15, -0.1) is 0 Å². The molecule has 0 aliphatic carbocycles. The lowest BCUT2D eigenvalue weighted by atomic mass is 10.2. The first-order valence-electron chi connectivity index (χ1n) is 9.43. The van der Waals surface area contributed by atoms with Crippen LogP contribution < -0.4 is 5.43 Å². The molecule has 172 valence electrons. The Balaban J connectivity index is 1.84. The average molecular weight is 529 g/mol. The Morgan fingerprint density at radius 3 is 2.42 bits per heavy atom. The normalized spacial score (nSPS) is 11.8. The van der Waals surface area contributed by atoms with E-state index in [1.807, 2.05) is 0 Å². The minimum absolute atomic E-state index is 0.0149. The van der Waals surface area contributed by atoms with E-state index >= 15 is 0 Å². The summed E-state index contributed by atoms with van der Waals surface area (Å²) in [5, 5.41) is 3.94. The summed E-state index contributed by atoms with van der Waals surface area (Å²) in [5.74, 6) is -1.37. The highest BCUT2D eigenvalue weighted by Crippen LogP contribution is 2.28. The molecule has 1 N–H and O–H groups in total. The van der Waals surface area contributed by atoms with E-state index in [4.69, 9.17) is 34.8 Å². The van der Waals surface area contributed by atoms with Crippen LogP contribution in [0.15, 0.2) is 76.7 Å². The van der Waals surface area contributed by atoms with Gasteiger partial charge >= 0.3 is 0 Å². The van der Waals surface area contributed by atoms with E-state index in [0.29, 0.717) is 5.56 Å². The molecule has 0 fully saturated rings. The molecule has 0 aromatic heterocycles. The Labute approximate surface area is 205 Å². The summed E-state index contributed by atoms with van der Waals surface area (Å²) in [4.78, 5) is 12.3. The number of sulfonamides is 1. The van der Waals surface area contributed by atoms with Crippen LogP contribution >= 0.6 is 34.8 Å². The first kappa shape index (κ1) is 25.1. The molecule has 0 unspecified atom stereocenters. The van der Waals surface area contributed by atoms with Crippen molar-refractivity contribution in [3.05, 3.63) is 98.7 Å². The molecule has 33 heavy (non-hydrogen) atoms. The molecule has 0 saturated carbocycles. The number of carbonyl (C=O) groups excluding carboxylic acids is 1. The summed E-state index contributed by atoms with van der Waals surface area (Å²) >= 11 is 18.0. The molecule has 11 heteroatoms. The molecule has 0 bridgehead atoms. The van der Waals surface area contributed by atoms with Gasteiger partial charge in [0.15, 0.2) is 0 Å². The van der Waals surface area contributed by atoms with Crippen molar-refractivity contribution in [3.63, 3.8) is 0 Å². The Morgan fingerprint density at radius 1 is 1.00 bits per heavy atom. The smallest absolute Gasteiger partial charge is 0.255 e. The van der Waals surface area contributed by atoms with Gasteiger partial charge in [-0.2, -0.15) is 9.41 Å². The quantitative estimate of drug-likeness (QED) is 0.325. The maximum atomic E-state index is 13.8. The minimum Gasteiger partial charge on any atom is -0.272 e. The molecule has 3 aromatic rings. The van der Waals surface area contributed by atoms with E-state index in [1.165, 1.54) is 36.4 Å². The molecule has 3 aromatic carbocycles. The molecule has 0 saturated heterocycles. The monoisotopic (exact) mass is 527 g/mol. The van der Waals surface area contributed by atoms with Crippen molar-refractivity contribution in [2.75, 3.05) is 6.54 Å². The Bertz CT molecular complexity index is 1270. The second-order valence-corrected chi connectivity index (χ2v) is 9.92. The van der Waals surface area contributed by atoms with E-state index in [2.05, 4.69) is 10.5 Å². The van der Waals surface area contributed by atoms with Crippen LogP contribution in [0, 0.1) is 5.82 Å². The third-order valence-corrected chi connectivity index (χ3v) is 7.25. The van der Waals surface area contributed by atoms with Crippen molar-refractivity contribution in [2.45, 2.75) is 11.4 Å². The van der Waals surface area contributed by atoms with Crippen LogP contribution in [0.3, 0.4) is 0 Å². The fraction of sp³-hybridized carbons (Fsp3) is 0.0909. The summed E-state index contributed by atoms with van der Waals surface area (Å²) in [6.45, 7) is -0.690. The number of nitrogens with one attached hydrogen (secondary N) is 1. The predicted octanol–water partition coefficient (Wildman–Crippen LogP) is 5.13. The van der Waals surface area contributed by atoms with Crippen molar-refractivity contribution >= 4 is 56.9 Å². The maximum absolute atomic E-state index is 13.8. The van der Waals surface area contributed by atoms with E-state index in [9.17, 15) is 17.6 Å². The van der Waals surface area contributed by atoms with Gasteiger partial charge in [-0.1, -0.05) is 71.2 Å². The highest BCUT2D eigenvalue weighted by Gasteiger charge is 2.29. The largest absolute Gasteiger partial charge is 0.272 e. The second-order valence-electron chi connectivity index (χ2n) is 6.76. The van der Waals surface area contributed by atoms with Gasteiger partial charge in [0, 0.05) is 17.1 Å². The fourth-order valence-electron chi connectivity index (χ4n) is 2.83. The minimum atomic E-state index is -4.22. The number of carbonyl (C=O) groups is 1. The van der Waals surface area contributed by atoms with Crippen LogP contribution in [-0.4, -0.2) is 31.4 Å². The number of amides is 1. The highest BCUT2D eigenvalue weighted by atomic mass is 35.5. The molecule has 3 rings (SSSR count). The first-order chi connectivity index (χ1) is 15.7. The zero-order valence-electron chi connectivity index (χ0n) is 16.9. The lowest BCUT2D eigenvalue weighted by Gasteiger charge is -2.22. The van der Waals surface area contributed by atoms with Gasteiger partial charge in [-0.3, -0.25) is 4.79 Å². The Hall–Kier alpha value is -2.49. The molecular weight excluding hydrogens is 512 g/mol. The first-order valence-corrected chi connectivity index (χ1v) is 12.0. The van der Waals surface area contributed by atoms with Crippen LogP contribution in [0.25, 0.3) is 0 Å². The number of halogens is 4. The van der Waals surface area contributed by atoms with Crippen molar-refractivity contribution in [1.29, 1.82) is 0 Å². The summed E-state index contributed by atoms with van der Waals surface area (Å²) in [5.41, 5.74) is 2.82. The van der Waals surface area contributed by atoms with Crippen molar-refractivity contribution < 1.29 is 17.6 Å². The van der Waals surface area contributed by atoms with E-state index < -0.39 is 28.3 Å². The Kier molecular flexibility index (Phi) is 8.45. The summed E-state index contributed by atoms with van der Waals surface area (Å²) < 4.78 is 41.4. The maximum Gasteiger partial charge on any atom is 0.255 e. The molecule has 0 aliphatic rings. The average Bonchev–Trinajstić information content (AvgIpc) is 2.77. The van der Waals surface area contributed by atoms with Crippen LogP contribution in [0.2, 0.25) is 15.1 Å². The molecule has 0 aliphatic heterocycles. The van der Waals surface area contributed by atoms with Crippen LogP contribution in [-0.2, 0) is 21.4 Å². The number of benzene rings is 3. The lowest BCUT2D eigenvalue weighted by Crippen LogP contribution is -2.39. The van der Waals surface area contributed by atoms with Gasteiger partial charge in [0.1, 0.15) is 10.7 Å². The molecule has 0 heterocycles. The molecule has 0 radical (unpaired) electrons. The molecule has 1 amide bonds. The molecule has 6 nitrogen and oxygen atoms in total. The predicted molar refractivity (Wildman–Crippen MR) is 128 cm³/mol. The molecule has 0 atom stereocenters. The fourth-order valence-corrected chi connectivity index (χ4v) is 5.16. The van der Waals surface area contributed by atoms with E-state index in [0.717, 1.165) is 10.5 Å². The van der Waals surface area contributed by atoms with Crippen LogP contribution in [0.4, 0.5) is 4.39 Å². The van der Waals surface area contributed by atoms with Crippen LogP contribution in [0.1, 0.15) is 11.1 Å². The standard InChI is InChI=1S/C22H17Cl3FN3O3S/c23-16-9-10-19(25)21(11-16)33(31,32)29(13-15-5-2-1-3-6-15)14-22(30)28-27-12-17-18(24)7-4-8-20(17)26/h1-12H,13-14H2,(H,28,30)/b27-12-. The van der Waals surface area contributed by atoms with Gasteiger partial charge in [0.2, 0.25) is 10.0 Å². The summed E-state index contributed by atoms with van der Waals surface area (Å²) in [6, 6.07) is 16.8. The van der Waals surface area contributed by atoms with Crippen molar-refractivity contribution in [1.82, 2.24) is 9.73 Å². The number of nitrogens with zero attached hydrogens (tertiary/aromatic N) is 2. The van der Waals surface area contributed by atoms with E-state index in [-0.39, 0.29) is 32.1 Å². The second kappa shape index (κ2) is 11.1. The topological polar surface area (TPSA) is 78.8 Å². The van der Waals surface area contributed by atoms with Gasteiger partial charge in [-0.05, 0) is 35.9 Å². The third-order valence-electron chi connectivity index (χ3n) is 4.42. The van der Waals surface area contributed by atoms with Gasteiger partial charge < -0.3 is 0 Å². The van der Waals surface area contributed by atoms with Crippen molar-refractivity contribution in [3.8, 4) is 0 Å². The highest BCUT2D eigenvalue weighted by molar-refractivity contribution is 7.89. The third kappa shape index (κ3) is 6.52. The number of rotatable bonds is 8. The van der Waals surface area contributed by atoms with Crippen molar-refractivity contribution in [2.24, 2.45) is 5.10 Å². The Morgan fingerprint density at radius 2 is 1.73 bits per heavy atom. The number of hydrogen-bond acceptors (Lipinski definition) is 4. The SMILES string of the molecule is O=C(CN(Cc1ccccc1)S(=O)(=O)c1cc(Cl)ccc1Cl)N/N=C\c1c(F)cccc1Cl. The molecule has 0 spiro atoms. The van der Waals surface area contributed by atoms with Gasteiger partial charge in [0.05, 0.1) is 22.8 Å². The van der Waals surface area contributed by atoms with Gasteiger partial charge in [-0.25, -0.2) is 18.2 Å². The summed E-state index contributed by atoms with van der Waals surface area (Å²) in [6.07, 6.45) is 1.04. The van der Waals surface area contributed by atoms with E-state index in [1.54, 1.807) is 30.3 Å². The zero-order valence-corrected chi connectivity index (χ0v) is 20.0. The zero-order chi connectivity index (χ0) is 24.0. The summed E-state index contributed by atoms with van der Waals surface area (Å²) in [7, 11) is -4.22. The van der Waals surface area contributed by atoms with Gasteiger partial charge in [0.25, 0.3) is 5.91 Å². The number of hydrogen-bond donors (Lipinski definition) is 1. The molecular formula is C22H17Cl3FN3O3S. The lowest BCUT2D eigenvalue weighted by molar-refractivity contribution is -0.121. The number of hydrazone groups is 1. The van der Waals surface area contributed by atoms with Crippen LogP contribution in [0.5, 0.6) is 0 Å².